The summed E-state index contributed by atoms with van der Waals surface area (Å²) < 4.78 is 5.16. The van der Waals surface area contributed by atoms with Crippen molar-refractivity contribution >= 4 is 33.3 Å². The Labute approximate surface area is 103 Å². The fraction of sp³-hybridized carbons (Fsp3) is 0.364. The molecule has 0 fully saturated rings. The van der Waals surface area contributed by atoms with E-state index in [1.54, 1.807) is 32.2 Å². The predicted octanol–water partition coefficient (Wildman–Crippen LogP) is 3.40. The van der Waals surface area contributed by atoms with Gasteiger partial charge in [-0.1, -0.05) is 15.9 Å². The van der Waals surface area contributed by atoms with Gasteiger partial charge in [-0.15, -0.1) is 11.6 Å². The van der Waals surface area contributed by atoms with Crippen molar-refractivity contribution in [2.45, 2.75) is 17.6 Å². The predicted molar refractivity (Wildman–Crippen MR) is 65.3 cm³/mol. The van der Waals surface area contributed by atoms with Gasteiger partial charge in [0.1, 0.15) is 5.75 Å². The quantitative estimate of drug-likeness (QED) is 0.628. The van der Waals surface area contributed by atoms with Crippen molar-refractivity contribution < 1.29 is 9.53 Å². The zero-order chi connectivity index (χ0) is 11.4. The molecule has 0 aliphatic heterocycles. The van der Waals surface area contributed by atoms with E-state index in [1.807, 2.05) is 0 Å². The summed E-state index contributed by atoms with van der Waals surface area (Å²) in [6.45, 7) is 1.67. The second-order valence-corrected chi connectivity index (χ2v) is 4.36. The highest BCUT2D eigenvalue weighted by atomic mass is 79.9. The third-order valence-electron chi connectivity index (χ3n) is 2.07. The molecule has 0 saturated heterocycles. The van der Waals surface area contributed by atoms with Crippen LogP contribution in [0, 0.1) is 0 Å². The molecule has 2 nitrogen and oxygen atoms in total. The number of carbonyl (C=O) groups is 1. The maximum absolute atomic E-state index is 11.6. The molecular weight excluding hydrogens is 279 g/mol. The lowest BCUT2D eigenvalue weighted by Crippen LogP contribution is -2.10. The molecule has 0 radical (unpaired) electrons. The Morgan fingerprint density at radius 2 is 2.27 bits per heavy atom. The van der Waals surface area contributed by atoms with E-state index in [0.29, 0.717) is 10.9 Å². The summed E-state index contributed by atoms with van der Waals surface area (Å²) in [5, 5.41) is 0.148. The minimum absolute atomic E-state index is 0.0680. The zero-order valence-corrected chi connectivity index (χ0v) is 10.9. The number of Topliss-reactive ketones (excluding diaryl/α,β-unsaturated/α-hetero) is 1. The molecule has 0 N–H and O–H groups in total. The molecule has 1 unspecified atom stereocenters. The van der Waals surface area contributed by atoms with E-state index in [-0.39, 0.29) is 5.78 Å². The van der Waals surface area contributed by atoms with E-state index in [0.717, 1.165) is 11.3 Å². The number of carbonyl (C=O) groups excluding carboxylic acids is 1. The van der Waals surface area contributed by atoms with Crippen LogP contribution >= 0.6 is 27.5 Å². The van der Waals surface area contributed by atoms with Crippen LogP contribution in [0.3, 0.4) is 0 Å². The fourth-order valence-electron chi connectivity index (χ4n) is 1.27. The summed E-state index contributed by atoms with van der Waals surface area (Å²) in [5.41, 5.74) is 1.56. The molecule has 0 amide bonds. The molecule has 0 spiro atoms. The Hall–Kier alpha value is -0.540. The van der Waals surface area contributed by atoms with Crippen molar-refractivity contribution in [2.75, 3.05) is 7.11 Å². The Bertz CT molecular complexity index is 364. The number of hydrogen-bond donors (Lipinski definition) is 0. The minimum Gasteiger partial charge on any atom is -0.496 e. The topological polar surface area (TPSA) is 26.3 Å². The van der Waals surface area contributed by atoms with E-state index < -0.39 is 5.38 Å². The van der Waals surface area contributed by atoms with Crippen molar-refractivity contribution in [2.24, 2.45) is 0 Å². The lowest BCUT2D eigenvalue weighted by atomic mass is 10.1. The van der Waals surface area contributed by atoms with Crippen molar-refractivity contribution in [1.29, 1.82) is 0 Å². The third-order valence-corrected chi connectivity index (χ3v) is 2.87. The molecule has 0 bridgehead atoms. The monoisotopic (exact) mass is 290 g/mol. The number of methoxy groups -OCH3 is 1. The number of benzene rings is 1. The molecule has 15 heavy (non-hydrogen) atoms. The largest absolute Gasteiger partial charge is 0.496 e. The lowest BCUT2D eigenvalue weighted by molar-refractivity contribution is 0.0991. The van der Waals surface area contributed by atoms with Gasteiger partial charge in [0.2, 0.25) is 0 Å². The van der Waals surface area contributed by atoms with Crippen LogP contribution < -0.4 is 4.74 Å². The molecule has 1 rings (SSSR count). The average Bonchev–Trinajstić information content (AvgIpc) is 2.26. The molecule has 0 aromatic heterocycles. The number of ether oxygens (including phenoxy) is 1. The van der Waals surface area contributed by atoms with Crippen LogP contribution in [-0.4, -0.2) is 18.3 Å². The van der Waals surface area contributed by atoms with Crippen LogP contribution in [0.15, 0.2) is 18.2 Å². The first-order chi connectivity index (χ1) is 7.10. The van der Waals surface area contributed by atoms with Crippen LogP contribution in [0.5, 0.6) is 5.75 Å². The minimum atomic E-state index is -0.499. The smallest absolute Gasteiger partial charge is 0.180 e. The number of rotatable bonds is 4. The fourth-order valence-corrected chi connectivity index (χ4v) is 1.83. The summed E-state index contributed by atoms with van der Waals surface area (Å²) in [7, 11) is 1.60. The lowest BCUT2D eigenvalue weighted by Gasteiger charge is -2.08. The molecule has 1 atom stereocenters. The van der Waals surface area contributed by atoms with Gasteiger partial charge in [-0.25, -0.2) is 0 Å². The first-order valence-corrected chi connectivity index (χ1v) is 6.07. The normalized spacial score (nSPS) is 12.3. The Kier molecular flexibility index (Phi) is 4.61. The molecule has 4 heteroatoms. The van der Waals surface area contributed by atoms with Gasteiger partial charge < -0.3 is 4.74 Å². The second-order valence-electron chi connectivity index (χ2n) is 3.14. The summed E-state index contributed by atoms with van der Waals surface area (Å²) in [6, 6.07) is 5.31. The van der Waals surface area contributed by atoms with Crippen LogP contribution in [0.25, 0.3) is 0 Å². The number of ketones is 1. The second kappa shape index (κ2) is 5.52. The van der Waals surface area contributed by atoms with Gasteiger partial charge in [0.05, 0.1) is 12.5 Å². The molecule has 0 aliphatic rings. The third kappa shape index (κ3) is 2.95. The Morgan fingerprint density at radius 1 is 1.60 bits per heavy atom. The van der Waals surface area contributed by atoms with Gasteiger partial charge in [-0.3, -0.25) is 4.79 Å². The number of alkyl halides is 2. The molecule has 82 valence electrons. The van der Waals surface area contributed by atoms with Crippen LogP contribution in [-0.2, 0) is 5.33 Å². The first kappa shape index (κ1) is 12.5. The van der Waals surface area contributed by atoms with Crippen LogP contribution in [0.1, 0.15) is 22.8 Å². The van der Waals surface area contributed by atoms with E-state index in [4.69, 9.17) is 16.3 Å². The summed E-state index contributed by atoms with van der Waals surface area (Å²) in [5.74, 6) is 0.701. The van der Waals surface area contributed by atoms with Gasteiger partial charge in [-0.05, 0) is 25.1 Å². The van der Waals surface area contributed by atoms with E-state index in [1.165, 1.54) is 0 Å². The highest BCUT2D eigenvalue weighted by Crippen LogP contribution is 2.23. The van der Waals surface area contributed by atoms with Crippen molar-refractivity contribution in [3.8, 4) is 5.75 Å². The van der Waals surface area contributed by atoms with Crippen molar-refractivity contribution in [3.63, 3.8) is 0 Å². The van der Waals surface area contributed by atoms with Crippen molar-refractivity contribution in [1.82, 2.24) is 0 Å². The number of hydrogen-bond acceptors (Lipinski definition) is 2. The van der Waals surface area contributed by atoms with Gasteiger partial charge in [0, 0.05) is 16.5 Å². The highest BCUT2D eigenvalue weighted by Gasteiger charge is 2.14. The molecule has 1 aromatic carbocycles. The van der Waals surface area contributed by atoms with Gasteiger partial charge in [0.15, 0.2) is 5.78 Å². The average molecular weight is 292 g/mol. The van der Waals surface area contributed by atoms with Crippen molar-refractivity contribution in [3.05, 3.63) is 29.3 Å². The zero-order valence-electron chi connectivity index (χ0n) is 8.59. The summed E-state index contributed by atoms with van der Waals surface area (Å²) in [4.78, 5) is 11.6. The maximum atomic E-state index is 11.6. The SMILES string of the molecule is COc1ccc(C(=O)C(C)Cl)cc1CBr. The maximum Gasteiger partial charge on any atom is 0.180 e. The summed E-state index contributed by atoms with van der Waals surface area (Å²) >= 11 is 9.08. The summed E-state index contributed by atoms with van der Waals surface area (Å²) in [6.07, 6.45) is 0. The van der Waals surface area contributed by atoms with E-state index in [2.05, 4.69) is 15.9 Å². The van der Waals surface area contributed by atoms with E-state index in [9.17, 15) is 4.79 Å². The van der Waals surface area contributed by atoms with Crippen LogP contribution in [0.4, 0.5) is 0 Å². The molecular formula is C11H12BrClO2. The van der Waals surface area contributed by atoms with Gasteiger partial charge in [-0.2, -0.15) is 0 Å². The Morgan fingerprint density at radius 3 is 2.73 bits per heavy atom. The first-order valence-electron chi connectivity index (χ1n) is 4.51. The van der Waals surface area contributed by atoms with Crippen LogP contribution in [0.2, 0.25) is 0 Å². The number of halogens is 2. The van der Waals surface area contributed by atoms with E-state index >= 15 is 0 Å². The highest BCUT2D eigenvalue weighted by molar-refractivity contribution is 9.08. The molecule has 0 saturated carbocycles. The van der Waals surface area contributed by atoms with Gasteiger partial charge >= 0.3 is 0 Å². The van der Waals surface area contributed by atoms with Gasteiger partial charge in [0.25, 0.3) is 0 Å². The molecule has 1 aromatic rings. The molecule has 0 aliphatic carbocycles. The molecule has 0 heterocycles. The standard InChI is InChI=1S/C11H12BrClO2/c1-7(13)11(14)8-3-4-10(15-2)9(5-8)6-12/h3-5,7H,6H2,1-2H3. The Balaban J connectivity index is 3.08.